The van der Waals surface area contributed by atoms with E-state index in [0.29, 0.717) is 5.56 Å². The molecule has 1 aromatic rings. The summed E-state index contributed by atoms with van der Waals surface area (Å²) in [5.41, 5.74) is 0.425. The highest BCUT2D eigenvalue weighted by Crippen LogP contribution is 2.24. The lowest BCUT2D eigenvalue weighted by Crippen LogP contribution is -2.05. The standard InChI is InChI=1S/C8H10ClNO3/c1-13-8-5(6(12)4-11)2-3-7(9)10-8/h2-3,6,11-12H,4H2,1H3. The zero-order valence-corrected chi connectivity index (χ0v) is 7.82. The molecule has 1 unspecified atom stereocenters. The Hall–Kier alpha value is -0.840. The third kappa shape index (κ3) is 2.30. The van der Waals surface area contributed by atoms with Crippen molar-refractivity contribution in [3.8, 4) is 5.88 Å². The molecular formula is C8H10ClNO3. The average molecular weight is 204 g/mol. The van der Waals surface area contributed by atoms with Gasteiger partial charge in [0, 0.05) is 5.56 Å². The van der Waals surface area contributed by atoms with Crippen LogP contribution in [0.25, 0.3) is 0 Å². The van der Waals surface area contributed by atoms with E-state index in [9.17, 15) is 5.11 Å². The SMILES string of the molecule is COc1nc(Cl)ccc1C(O)CO. The van der Waals surface area contributed by atoms with Crippen LogP contribution >= 0.6 is 11.6 Å². The van der Waals surface area contributed by atoms with Gasteiger partial charge in [-0.1, -0.05) is 11.6 Å². The van der Waals surface area contributed by atoms with Gasteiger partial charge >= 0.3 is 0 Å². The minimum atomic E-state index is -0.986. The van der Waals surface area contributed by atoms with Gasteiger partial charge in [0.15, 0.2) is 0 Å². The lowest BCUT2D eigenvalue weighted by molar-refractivity contribution is 0.0928. The normalized spacial score (nSPS) is 12.6. The number of rotatable bonds is 3. The van der Waals surface area contributed by atoms with Crippen LogP contribution in [-0.4, -0.2) is 28.9 Å². The smallest absolute Gasteiger partial charge is 0.220 e. The summed E-state index contributed by atoms with van der Waals surface area (Å²) in [5.74, 6) is 0.231. The molecule has 1 rings (SSSR count). The molecule has 5 heteroatoms. The van der Waals surface area contributed by atoms with Crippen molar-refractivity contribution in [3.63, 3.8) is 0 Å². The van der Waals surface area contributed by atoms with Crippen LogP contribution in [0.3, 0.4) is 0 Å². The van der Waals surface area contributed by atoms with Crippen molar-refractivity contribution in [1.29, 1.82) is 0 Å². The molecule has 0 aliphatic carbocycles. The number of aliphatic hydroxyl groups excluding tert-OH is 2. The molecule has 4 nitrogen and oxygen atoms in total. The maximum atomic E-state index is 9.32. The Morgan fingerprint density at radius 1 is 1.62 bits per heavy atom. The number of aliphatic hydroxyl groups is 2. The Kier molecular flexibility index (Phi) is 3.48. The minimum absolute atomic E-state index is 0.231. The van der Waals surface area contributed by atoms with E-state index in [0.717, 1.165) is 0 Å². The van der Waals surface area contributed by atoms with Gasteiger partial charge in [0.1, 0.15) is 11.3 Å². The fourth-order valence-electron chi connectivity index (χ4n) is 0.944. The number of nitrogens with zero attached hydrogens (tertiary/aromatic N) is 1. The molecule has 0 radical (unpaired) electrons. The molecule has 1 aromatic heterocycles. The molecular weight excluding hydrogens is 194 g/mol. The first-order valence-electron chi connectivity index (χ1n) is 3.68. The number of aromatic nitrogens is 1. The van der Waals surface area contributed by atoms with Gasteiger partial charge in [0.25, 0.3) is 0 Å². The van der Waals surface area contributed by atoms with Crippen LogP contribution in [0.15, 0.2) is 12.1 Å². The fraction of sp³-hybridized carbons (Fsp3) is 0.375. The molecule has 72 valence electrons. The molecule has 0 aromatic carbocycles. The predicted molar refractivity (Wildman–Crippen MR) is 47.8 cm³/mol. The molecule has 0 amide bonds. The maximum absolute atomic E-state index is 9.32. The van der Waals surface area contributed by atoms with Gasteiger partial charge in [-0.05, 0) is 12.1 Å². The van der Waals surface area contributed by atoms with E-state index in [2.05, 4.69) is 4.98 Å². The molecule has 0 aliphatic heterocycles. The Labute approximate surface area is 80.8 Å². The lowest BCUT2D eigenvalue weighted by atomic mass is 10.1. The third-order valence-electron chi connectivity index (χ3n) is 1.58. The molecule has 0 saturated carbocycles. The maximum Gasteiger partial charge on any atom is 0.220 e. The second-order valence-electron chi connectivity index (χ2n) is 2.43. The summed E-state index contributed by atoms with van der Waals surface area (Å²) in [6.45, 7) is -0.375. The number of methoxy groups -OCH3 is 1. The zero-order valence-electron chi connectivity index (χ0n) is 7.07. The van der Waals surface area contributed by atoms with Crippen molar-refractivity contribution in [3.05, 3.63) is 22.8 Å². The number of hydrogen-bond donors (Lipinski definition) is 2. The Balaban J connectivity index is 3.05. The molecule has 1 atom stereocenters. The molecule has 0 fully saturated rings. The van der Waals surface area contributed by atoms with Gasteiger partial charge in [-0.15, -0.1) is 0 Å². The largest absolute Gasteiger partial charge is 0.481 e. The van der Waals surface area contributed by atoms with Crippen LogP contribution in [0.5, 0.6) is 5.88 Å². The van der Waals surface area contributed by atoms with Gasteiger partial charge in [-0.2, -0.15) is 0 Å². The topological polar surface area (TPSA) is 62.6 Å². The number of halogens is 1. The second kappa shape index (κ2) is 4.41. The first kappa shape index (κ1) is 10.2. The van der Waals surface area contributed by atoms with Crippen molar-refractivity contribution in [2.75, 3.05) is 13.7 Å². The van der Waals surface area contributed by atoms with E-state index in [-0.39, 0.29) is 17.6 Å². The summed E-state index contributed by atoms with van der Waals surface area (Å²) in [4.78, 5) is 3.83. The molecule has 0 spiro atoms. The van der Waals surface area contributed by atoms with E-state index < -0.39 is 6.10 Å². The van der Waals surface area contributed by atoms with Crippen molar-refractivity contribution in [2.24, 2.45) is 0 Å². The number of ether oxygens (including phenoxy) is 1. The highest BCUT2D eigenvalue weighted by atomic mass is 35.5. The Morgan fingerprint density at radius 2 is 2.31 bits per heavy atom. The average Bonchev–Trinajstić information content (AvgIpc) is 2.16. The van der Waals surface area contributed by atoms with Gasteiger partial charge in [-0.3, -0.25) is 0 Å². The summed E-state index contributed by atoms with van der Waals surface area (Å²) in [6.07, 6.45) is -0.986. The van der Waals surface area contributed by atoms with Crippen molar-refractivity contribution < 1.29 is 14.9 Å². The highest BCUT2D eigenvalue weighted by Gasteiger charge is 2.13. The predicted octanol–water partition coefficient (Wildman–Crippen LogP) is 0.769. The molecule has 0 bridgehead atoms. The van der Waals surface area contributed by atoms with E-state index >= 15 is 0 Å². The number of hydrogen-bond acceptors (Lipinski definition) is 4. The van der Waals surface area contributed by atoms with Gasteiger partial charge in [-0.25, -0.2) is 4.98 Å². The Bertz CT molecular complexity index is 293. The number of pyridine rings is 1. The van der Waals surface area contributed by atoms with Crippen LogP contribution in [0.1, 0.15) is 11.7 Å². The van der Waals surface area contributed by atoms with E-state index in [4.69, 9.17) is 21.4 Å². The molecule has 0 saturated heterocycles. The van der Waals surface area contributed by atoms with Crippen LogP contribution in [-0.2, 0) is 0 Å². The minimum Gasteiger partial charge on any atom is -0.481 e. The molecule has 0 aliphatic rings. The first-order chi connectivity index (χ1) is 6.19. The van der Waals surface area contributed by atoms with Crippen molar-refractivity contribution in [1.82, 2.24) is 4.98 Å². The van der Waals surface area contributed by atoms with Gasteiger partial charge in [0.05, 0.1) is 13.7 Å². The van der Waals surface area contributed by atoms with Gasteiger partial charge < -0.3 is 14.9 Å². The monoisotopic (exact) mass is 203 g/mol. The molecule has 2 N–H and O–H groups in total. The summed E-state index contributed by atoms with van der Waals surface area (Å²) in [7, 11) is 1.42. The fourth-order valence-corrected chi connectivity index (χ4v) is 1.08. The quantitative estimate of drug-likeness (QED) is 0.713. The summed E-state index contributed by atoms with van der Waals surface area (Å²) < 4.78 is 4.88. The van der Waals surface area contributed by atoms with E-state index in [1.54, 1.807) is 6.07 Å². The van der Waals surface area contributed by atoms with Crippen LogP contribution in [0, 0.1) is 0 Å². The van der Waals surface area contributed by atoms with Gasteiger partial charge in [0.2, 0.25) is 5.88 Å². The van der Waals surface area contributed by atoms with Crippen molar-refractivity contribution in [2.45, 2.75) is 6.10 Å². The zero-order chi connectivity index (χ0) is 9.84. The summed E-state index contributed by atoms with van der Waals surface area (Å²) in [6, 6.07) is 3.09. The Morgan fingerprint density at radius 3 is 2.85 bits per heavy atom. The third-order valence-corrected chi connectivity index (χ3v) is 1.79. The highest BCUT2D eigenvalue weighted by molar-refractivity contribution is 6.29. The van der Waals surface area contributed by atoms with Crippen LogP contribution < -0.4 is 4.74 Å². The summed E-state index contributed by atoms with van der Waals surface area (Å²) >= 11 is 5.61. The van der Waals surface area contributed by atoms with E-state index in [1.165, 1.54) is 13.2 Å². The summed E-state index contributed by atoms with van der Waals surface area (Å²) in [5, 5.41) is 18.3. The van der Waals surface area contributed by atoms with Crippen molar-refractivity contribution >= 4 is 11.6 Å². The molecule has 1 heterocycles. The molecule has 13 heavy (non-hydrogen) atoms. The van der Waals surface area contributed by atoms with E-state index in [1.807, 2.05) is 0 Å². The van der Waals surface area contributed by atoms with Crippen LogP contribution in [0.4, 0.5) is 0 Å². The van der Waals surface area contributed by atoms with Crippen LogP contribution in [0.2, 0.25) is 5.15 Å². The second-order valence-corrected chi connectivity index (χ2v) is 2.82. The lowest BCUT2D eigenvalue weighted by Gasteiger charge is -2.11. The first-order valence-corrected chi connectivity index (χ1v) is 4.06.